The Morgan fingerprint density at radius 3 is 2.67 bits per heavy atom. The predicted octanol–water partition coefficient (Wildman–Crippen LogP) is 1.85. The molecular formula is C10H13BrClNO2. The van der Waals surface area contributed by atoms with Gasteiger partial charge in [-0.3, -0.25) is 0 Å². The highest BCUT2D eigenvalue weighted by Gasteiger charge is 2.20. The number of benzene rings is 1. The van der Waals surface area contributed by atoms with Gasteiger partial charge in [-0.2, -0.15) is 0 Å². The third kappa shape index (κ3) is 3.43. The molecule has 0 fully saturated rings. The fourth-order valence-electron chi connectivity index (χ4n) is 1.28. The van der Waals surface area contributed by atoms with Crippen LogP contribution in [0, 0.1) is 0 Å². The Balaban J connectivity index is 2.89. The molecule has 15 heavy (non-hydrogen) atoms. The molecular weight excluding hydrogens is 281 g/mol. The zero-order valence-electron chi connectivity index (χ0n) is 8.03. The molecule has 4 N–H and O–H groups in total. The van der Waals surface area contributed by atoms with Crippen LogP contribution in [-0.2, 0) is 0 Å². The van der Waals surface area contributed by atoms with Gasteiger partial charge in [-0.05, 0) is 31.2 Å². The lowest BCUT2D eigenvalue weighted by molar-refractivity contribution is 0.0150. The van der Waals surface area contributed by atoms with E-state index in [2.05, 4.69) is 15.9 Å². The molecule has 0 amide bonds. The van der Waals surface area contributed by atoms with Crippen molar-refractivity contribution in [3.63, 3.8) is 0 Å². The van der Waals surface area contributed by atoms with E-state index in [1.165, 1.54) is 0 Å². The number of hydrogen-bond donors (Lipinski definition) is 3. The molecule has 3 nitrogen and oxygen atoms in total. The van der Waals surface area contributed by atoms with Crippen LogP contribution >= 0.6 is 27.5 Å². The van der Waals surface area contributed by atoms with Crippen molar-refractivity contribution in [2.45, 2.75) is 18.6 Å². The third-order valence-corrected chi connectivity index (χ3v) is 2.94. The number of aliphatic hydroxyl groups is 2. The van der Waals surface area contributed by atoms with Crippen LogP contribution < -0.4 is 5.73 Å². The van der Waals surface area contributed by atoms with Crippen LogP contribution in [0.1, 0.15) is 18.1 Å². The van der Waals surface area contributed by atoms with Gasteiger partial charge in [-0.15, -0.1) is 0 Å². The first-order valence-electron chi connectivity index (χ1n) is 4.57. The second-order valence-electron chi connectivity index (χ2n) is 3.26. The molecule has 0 aliphatic heterocycles. The predicted molar refractivity (Wildman–Crippen MR) is 63.8 cm³/mol. The number of hydrogen-bond acceptors (Lipinski definition) is 3. The van der Waals surface area contributed by atoms with Gasteiger partial charge in [0.05, 0.1) is 6.10 Å². The second-order valence-corrected chi connectivity index (χ2v) is 4.58. The highest BCUT2D eigenvalue weighted by molar-refractivity contribution is 9.10. The summed E-state index contributed by atoms with van der Waals surface area (Å²) in [6.45, 7) is 0.323. The standard InChI is InChI=1S/C10H13BrClNO2/c11-6-1-2-8(12)7(5-6)10(15)9(14)3-4-13/h1-2,5,9-10,14-15H,3-4,13H2. The monoisotopic (exact) mass is 293 g/mol. The smallest absolute Gasteiger partial charge is 0.106 e. The maximum atomic E-state index is 9.81. The number of aliphatic hydroxyl groups excluding tert-OH is 2. The van der Waals surface area contributed by atoms with E-state index in [1.54, 1.807) is 18.2 Å². The minimum atomic E-state index is -1.00. The first-order valence-corrected chi connectivity index (χ1v) is 5.74. The van der Waals surface area contributed by atoms with Crippen LogP contribution in [0.4, 0.5) is 0 Å². The average molecular weight is 295 g/mol. The number of halogens is 2. The van der Waals surface area contributed by atoms with E-state index >= 15 is 0 Å². The quantitative estimate of drug-likeness (QED) is 0.794. The molecule has 0 aromatic heterocycles. The highest BCUT2D eigenvalue weighted by Crippen LogP contribution is 2.29. The normalized spacial score (nSPS) is 15.0. The fourth-order valence-corrected chi connectivity index (χ4v) is 1.89. The molecule has 0 saturated heterocycles. The molecule has 2 atom stereocenters. The summed E-state index contributed by atoms with van der Waals surface area (Å²) >= 11 is 9.19. The van der Waals surface area contributed by atoms with E-state index in [9.17, 15) is 10.2 Å². The van der Waals surface area contributed by atoms with Crippen molar-refractivity contribution in [2.75, 3.05) is 6.54 Å². The molecule has 0 heterocycles. The summed E-state index contributed by atoms with van der Waals surface area (Å²) in [5.41, 5.74) is 5.81. The highest BCUT2D eigenvalue weighted by atomic mass is 79.9. The van der Waals surface area contributed by atoms with Gasteiger partial charge in [0.1, 0.15) is 6.10 Å². The number of nitrogens with two attached hydrogens (primary N) is 1. The molecule has 1 aromatic carbocycles. The van der Waals surface area contributed by atoms with Gasteiger partial charge in [0, 0.05) is 15.1 Å². The molecule has 0 radical (unpaired) electrons. The maximum absolute atomic E-state index is 9.81. The van der Waals surface area contributed by atoms with Crippen LogP contribution in [0.3, 0.4) is 0 Å². The van der Waals surface area contributed by atoms with E-state index in [-0.39, 0.29) is 0 Å². The van der Waals surface area contributed by atoms with Gasteiger partial charge in [0.2, 0.25) is 0 Å². The second kappa shape index (κ2) is 5.82. The first-order chi connectivity index (χ1) is 7.06. The van der Waals surface area contributed by atoms with E-state index in [4.69, 9.17) is 17.3 Å². The summed E-state index contributed by atoms with van der Waals surface area (Å²) in [5.74, 6) is 0. The van der Waals surface area contributed by atoms with Crippen LogP contribution in [0.5, 0.6) is 0 Å². The Bertz CT molecular complexity index is 335. The SMILES string of the molecule is NCCC(O)C(O)c1cc(Br)ccc1Cl. The molecule has 0 spiro atoms. The average Bonchev–Trinajstić information content (AvgIpc) is 2.21. The zero-order valence-corrected chi connectivity index (χ0v) is 10.4. The fraction of sp³-hybridized carbons (Fsp3) is 0.400. The van der Waals surface area contributed by atoms with E-state index in [0.717, 1.165) is 4.47 Å². The topological polar surface area (TPSA) is 66.5 Å². The minimum Gasteiger partial charge on any atom is -0.390 e. The van der Waals surface area contributed by atoms with Crippen molar-refractivity contribution in [1.29, 1.82) is 0 Å². The Morgan fingerprint density at radius 2 is 2.07 bits per heavy atom. The van der Waals surface area contributed by atoms with Crippen molar-refractivity contribution in [3.8, 4) is 0 Å². The molecule has 5 heteroatoms. The van der Waals surface area contributed by atoms with Crippen LogP contribution in [0.15, 0.2) is 22.7 Å². The maximum Gasteiger partial charge on any atom is 0.106 e. The van der Waals surface area contributed by atoms with Crippen LogP contribution in [0.2, 0.25) is 5.02 Å². The summed E-state index contributed by atoms with van der Waals surface area (Å²) in [4.78, 5) is 0. The molecule has 0 aliphatic rings. The molecule has 0 saturated carbocycles. The van der Waals surface area contributed by atoms with Gasteiger partial charge in [-0.25, -0.2) is 0 Å². The minimum absolute atomic E-state index is 0.323. The van der Waals surface area contributed by atoms with Crippen LogP contribution in [0.25, 0.3) is 0 Å². The summed E-state index contributed by atoms with van der Waals surface area (Å²) < 4.78 is 0.806. The van der Waals surface area contributed by atoms with Crippen molar-refractivity contribution < 1.29 is 10.2 Å². The van der Waals surface area contributed by atoms with E-state index in [0.29, 0.717) is 23.6 Å². The lowest BCUT2D eigenvalue weighted by atomic mass is 10.0. The Labute approximate surface area is 102 Å². The van der Waals surface area contributed by atoms with Crippen molar-refractivity contribution in [2.24, 2.45) is 5.73 Å². The van der Waals surface area contributed by atoms with E-state index in [1.807, 2.05) is 0 Å². The summed E-state index contributed by atoms with van der Waals surface area (Å²) in [7, 11) is 0. The Morgan fingerprint density at radius 1 is 1.40 bits per heavy atom. The van der Waals surface area contributed by atoms with Crippen LogP contribution in [-0.4, -0.2) is 22.9 Å². The summed E-state index contributed by atoms with van der Waals surface area (Å²) in [6.07, 6.45) is -1.55. The van der Waals surface area contributed by atoms with Gasteiger partial charge in [0.25, 0.3) is 0 Å². The molecule has 0 aliphatic carbocycles. The van der Waals surface area contributed by atoms with Gasteiger partial charge in [0.15, 0.2) is 0 Å². The molecule has 1 aromatic rings. The zero-order chi connectivity index (χ0) is 11.4. The van der Waals surface area contributed by atoms with Crippen molar-refractivity contribution in [3.05, 3.63) is 33.3 Å². The molecule has 84 valence electrons. The largest absolute Gasteiger partial charge is 0.390 e. The van der Waals surface area contributed by atoms with Gasteiger partial charge >= 0.3 is 0 Å². The molecule has 1 rings (SSSR count). The lowest BCUT2D eigenvalue weighted by Crippen LogP contribution is -2.22. The molecule has 2 unspecified atom stereocenters. The molecule has 0 bridgehead atoms. The lowest BCUT2D eigenvalue weighted by Gasteiger charge is -2.18. The number of rotatable bonds is 4. The Hall–Kier alpha value is -0.130. The third-order valence-electron chi connectivity index (χ3n) is 2.10. The first kappa shape index (κ1) is 12.9. The van der Waals surface area contributed by atoms with Gasteiger partial charge in [-0.1, -0.05) is 27.5 Å². The van der Waals surface area contributed by atoms with Gasteiger partial charge < -0.3 is 15.9 Å². The van der Waals surface area contributed by atoms with Crippen molar-refractivity contribution in [1.82, 2.24) is 0 Å². The summed E-state index contributed by atoms with van der Waals surface area (Å²) in [5, 5.41) is 19.8. The Kier molecular flexibility index (Phi) is 5.02. The summed E-state index contributed by atoms with van der Waals surface area (Å²) in [6, 6.07) is 5.12. The van der Waals surface area contributed by atoms with Crippen molar-refractivity contribution >= 4 is 27.5 Å². The van der Waals surface area contributed by atoms with E-state index < -0.39 is 12.2 Å².